The number of ether oxygens (including phenoxy) is 4. The van der Waals surface area contributed by atoms with Gasteiger partial charge in [-0.3, -0.25) is 4.79 Å². The van der Waals surface area contributed by atoms with Crippen molar-refractivity contribution >= 4 is 17.7 Å². The van der Waals surface area contributed by atoms with Crippen LogP contribution in [-0.2, 0) is 11.3 Å². The molecule has 0 radical (unpaired) electrons. The highest BCUT2D eigenvalue weighted by atomic mass is 32.2. The summed E-state index contributed by atoms with van der Waals surface area (Å²) < 4.78 is 21.8. The second kappa shape index (κ2) is 6.99. The standard InChI is InChI=1S/C19H19NO5S/c1-22-14-6-4-3-5-12(14)9-20-17(21)10-26-19(20)13-7-15(23-2)18-16(8-13)24-11-25-18/h3-8,19H,9-11H2,1-2H3. The Morgan fingerprint density at radius 1 is 1.15 bits per heavy atom. The third-order valence-electron chi connectivity index (χ3n) is 4.47. The molecule has 2 aliphatic heterocycles. The minimum atomic E-state index is -0.115. The lowest BCUT2D eigenvalue weighted by Crippen LogP contribution is -2.27. The number of fused-ring (bicyclic) bond motifs is 1. The van der Waals surface area contributed by atoms with Gasteiger partial charge in [0.15, 0.2) is 11.5 Å². The molecule has 1 fully saturated rings. The van der Waals surface area contributed by atoms with Crippen molar-refractivity contribution in [2.45, 2.75) is 11.9 Å². The van der Waals surface area contributed by atoms with Crippen LogP contribution in [0, 0.1) is 0 Å². The van der Waals surface area contributed by atoms with E-state index in [1.165, 1.54) is 0 Å². The zero-order valence-electron chi connectivity index (χ0n) is 14.6. The third-order valence-corrected chi connectivity index (χ3v) is 5.72. The largest absolute Gasteiger partial charge is 0.496 e. The van der Waals surface area contributed by atoms with Crippen LogP contribution in [0.15, 0.2) is 36.4 Å². The molecule has 2 aliphatic rings. The minimum absolute atomic E-state index is 0.0996. The highest BCUT2D eigenvalue weighted by Gasteiger charge is 2.35. The second-order valence-corrected chi connectivity index (χ2v) is 7.02. The van der Waals surface area contributed by atoms with Gasteiger partial charge in [-0.1, -0.05) is 18.2 Å². The van der Waals surface area contributed by atoms with Gasteiger partial charge < -0.3 is 23.8 Å². The van der Waals surface area contributed by atoms with E-state index in [0.29, 0.717) is 29.5 Å². The van der Waals surface area contributed by atoms with Gasteiger partial charge in [-0.05, 0) is 23.8 Å². The molecule has 0 saturated carbocycles. The summed E-state index contributed by atoms with van der Waals surface area (Å²) in [6, 6.07) is 11.6. The molecule has 0 bridgehead atoms. The topological polar surface area (TPSA) is 57.2 Å². The number of benzene rings is 2. The Labute approximate surface area is 156 Å². The summed E-state index contributed by atoms with van der Waals surface area (Å²) >= 11 is 1.59. The Morgan fingerprint density at radius 3 is 2.77 bits per heavy atom. The summed E-state index contributed by atoms with van der Waals surface area (Å²) in [5, 5.41) is -0.115. The molecule has 1 atom stereocenters. The van der Waals surface area contributed by atoms with Gasteiger partial charge in [0.05, 0.1) is 26.5 Å². The van der Waals surface area contributed by atoms with E-state index in [4.69, 9.17) is 18.9 Å². The van der Waals surface area contributed by atoms with Gasteiger partial charge in [-0.2, -0.15) is 0 Å². The summed E-state index contributed by atoms with van der Waals surface area (Å²) in [5.74, 6) is 3.20. The predicted octanol–water partition coefficient (Wildman–Crippen LogP) is 3.21. The fraction of sp³-hybridized carbons (Fsp3) is 0.316. The first-order chi connectivity index (χ1) is 12.7. The Bertz CT molecular complexity index is 841. The Balaban J connectivity index is 1.67. The molecule has 2 aromatic rings. The molecule has 0 spiro atoms. The van der Waals surface area contributed by atoms with E-state index in [9.17, 15) is 4.79 Å². The smallest absolute Gasteiger partial charge is 0.234 e. The van der Waals surface area contributed by atoms with Crippen LogP contribution in [0.25, 0.3) is 0 Å². The van der Waals surface area contributed by atoms with E-state index >= 15 is 0 Å². The average Bonchev–Trinajstić information content (AvgIpc) is 3.28. The summed E-state index contributed by atoms with van der Waals surface area (Å²) in [6.45, 7) is 0.661. The van der Waals surface area contributed by atoms with Crippen LogP contribution < -0.4 is 18.9 Å². The number of nitrogens with zero attached hydrogens (tertiary/aromatic N) is 1. The third kappa shape index (κ3) is 2.92. The van der Waals surface area contributed by atoms with Crippen LogP contribution >= 0.6 is 11.8 Å². The zero-order valence-corrected chi connectivity index (χ0v) is 15.4. The van der Waals surface area contributed by atoms with E-state index in [1.807, 2.05) is 41.3 Å². The Kier molecular flexibility index (Phi) is 4.55. The first-order valence-corrected chi connectivity index (χ1v) is 9.26. The second-order valence-electron chi connectivity index (χ2n) is 5.95. The first-order valence-electron chi connectivity index (χ1n) is 8.21. The van der Waals surface area contributed by atoms with Crippen LogP contribution in [0.2, 0.25) is 0 Å². The molecule has 0 aromatic heterocycles. The maximum Gasteiger partial charge on any atom is 0.234 e. The lowest BCUT2D eigenvalue weighted by atomic mass is 10.1. The van der Waals surface area contributed by atoms with Gasteiger partial charge in [-0.25, -0.2) is 0 Å². The molecular weight excluding hydrogens is 354 g/mol. The minimum Gasteiger partial charge on any atom is -0.496 e. The SMILES string of the molecule is COc1ccccc1CN1C(=O)CSC1c1cc(OC)c2c(c1)OCO2. The lowest BCUT2D eigenvalue weighted by molar-refractivity contribution is -0.128. The van der Waals surface area contributed by atoms with Crippen molar-refractivity contribution in [2.75, 3.05) is 26.8 Å². The van der Waals surface area contributed by atoms with E-state index < -0.39 is 0 Å². The predicted molar refractivity (Wildman–Crippen MR) is 97.9 cm³/mol. The van der Waals surface area contributed by atoms with Crippen molar-refractivity contribution in [3.05, 3.63) is 47.5 Å². The number of thioether (sulfide) groups is 1. The summed E-state index contributed by atoms with van der Waals surface area (Å²) in [6.07, 6.45) is 0. The number of amides is 1. The molecule has 136 valence electrons. The maximum absolute atomic E-state index is 12.5. The maximum atomic E-state index is 12.5. The van der Waals surface area contributed by atoms with Crippen molar-refractivity contribution in [1.82, 2.24) is 4.90 Å². The van der Waals surface area contributed by atoms with Gasteiger partial charge in [-0.15, -0.1) is 11.8 Å². The molecular formula is C19H19NO5S. The highest BCUT2D eigenvalue weighted by molar-refractivity contribution is 8.00. The van der Waals surface area contributed by atoms with E-state index in [0.717, 1.165) is 16.9 Å². The normalized spacial score (nSPS) is 18.3. The quantitative estimate of drug-likeness (QED) is 0.802. The number of para-hydroxylation sites is 1. The van der Waals surface area contributed by atoms with Crippen LogP contribution in [0.3, 0.4) is 0 Å². The molecule has 0 aliphatic carbocycles. The summed E-state index contributed by atoms with van der Waals surface area (Å²) in [4.78, 5) is 14.4. The van der Waals surface area contributed by atoms with Crippen molar-refractivity contribution in [3.63, 3.8) is 0 Å². The summed E-state index contributed by atoms with van der Waals surface area (Å²) in [7, 11) is 3.24. The van der Waals surface area contributed by atoms with Crippen molar-refractivity contribution in [1.29, 1.82) is 0 Å². The number of methoxy groups -OCH3 is 2. The van der Waals surface area contributed by atoms with Gasteiger partial charge in [0.25, 0.3) is 0 Å². The molecule has 2 aromatic carbocycles. The number of carbonyl (C=O) groups is 1. The number of hydrogen-bond donors (Lipinski definition) is 0. The van der Waals surface area contributed by atoms with Gasteiger partial charge in [0.2, 0.25) is 18.4 Å². The molecule has 26 heavy (non-hydrogen) atoms. The van der Waals surface area contributed by atoms with E-state index in [1.54, 1.807) is 26.0 Å². The Morgan fingerprint density at radius 2 is 1.96 bits per heavy atom. The lowest BCUT2D eigenvalue weighted by Gasteiger charge is -2.25. The Hall–Kier alpha value is -2.54. The molecule has 4 rings (SSSR count). The number of carbonyl (C=O) groups excluding carboxylic acids is 1. The molecule has 6 nitrogen and oxygen atoms in total. The highest BCUT2D eigenvalue weighted by Crippen LogP contribution is 2.47. The molecule has 7 heteroatoms. The monoisotopic (exact) mass is 373 g/mol. The van der Waals surface area contributed by atoms with Gasteiger partial charge >= 0.3 is 0 Å². The fourth-order valence-corrected chi connectivity index (χ4v) is 4.38. The van der Waals surface area contributed by atoms with Gasteiger partial charge in [0.1, 0.15) is 11.1 Å². The molecule has 1 saturated heterocycles. The molecule has 2 heterocycles. The van der Waals surface area contributed by atoms with Gasteiger partial charge in [0, 0.05) is 5.56 Å². The van der Waals surface area contributed by atoms with Crippen LogP contribution in [0.5, 0.6) is 23.0 Å². The number of rotatable bonds is 5. The zero-order chi connectivity index (χ0) is 18.1. The first kappa shape index (κ1) is 16.9. The van der Waals surface area contributed by atoms with E-state index in [2.05, 4.69) is 0 Å². The van der Waals surface area contributed by atoms with Crippen molar-refractivity contribution < 1.29 is 23.7 Å². The van der Waals surface area contributed by atoms with Crippen LogP contribution in [0.1, 0.15) is 16.5 Å². The van der Waals surface area contributed by atoms with Crippen LogP contribution in [-0.4, -0.2) is 37.6 Å². The molecule has 1 unspecified atom stereocenters. The van der Waals surface area contributed by atoms with Crippen LogP contribution in [0.4, 0.5) is 0 Å². The van der Waals surface area contributed by atoms with Crippen molar-refractivity contribution in [3.8, 4) is 23.0 Å². The molecule has 1 amide bonds. The van der Waals surface area contributed by atoms with E-state index in [-0.39, 0.29) is 18.1 Å². The van der Waals surface area contributed by atoms with Crippen molar-refractivity contribution in [2.24, 2.45) is 0 Å². The summed E-state index contributed by atoms with van der Waals surface area (Å²) in [5.41, 5.74) is 1.93. The molecule has 0 N–H and O–H groups in total. The fourth-order valence-electron chi connectivity index (χ4n) is 3.21. The average molecular weight is 373 g/mol. The number of hydrogen-bond acceptors (Lipinski definition) is 6.